The molecule has 3 unspecified atom stereocenters. The van der Waals surface area contributed by atoms with Crippen LogP contribution in [0.2, 0.25) is 0 Å². The molecule has 0 aliphatic heterocycles. The summed E-state index contributed by atoms with van der Waals surface area (Å²) in [5.74, 6) is 1.29. The van der Waals surface area contributed by atoms with E-state index >= 15 is 0 Å². The van der Waals surface area contributed by atoms with Crippen LogP contribution in [0.3, 0.4) is 0 Å². The van der Waals surface area contributed by atoms with Gasteiger partial charge in [0, 0.05) is 6.42 Å². The van der Waals surface area contributed by atoms with E-state index in [0.29, 0.717) is 25.7 Å². The Morgan fingerprint density at radius 1 is 1.19 bits per heavy atom. The lowest BCUT2D eigenvalue weighted by molar-refractivity contribution is -0.185. The van der Waals surface area contributed by atoms with Gasteiger partial charge in [-0.1, -0.05) is 26.8 Å². The third kappa shape index (κ3) is 4.00. The molecule has 7 nitrogen and oxygen atoms in total. The summed E-state index contributed by atoms with van der Waals surface area (Å²) in [5, 5.41) is 22.8. The van der Waals surface area contributed by atoms with Gasteiger partial charge in [0.25, 0.3) is 0 Å². The van der Waals surface area contributed by atoms with E-state index in [1.54, 1.807) is 6.08 Å². The second-order valence-corrected chi connectivity index (χ2v) is 12.4. The van der Waals surface area contributed by atoms with Crippen LogP contribution in [-0.2, 0) is 19.4 Å². The number of fused-ring (bicyclic) bond motifs is 5. The summed E-state index contributed by atoms with van der Waals surface area (Å²) in [5.41, 5.74) is -0.472. The van der Waals surface area contributed by atoms with Crippen molar-refractivity contribution in [2.75, 3.05) is 6.61 Å². The first-order valence-electron chi connectivity index (χ1n) is 12.1. The van der Waals surface area contributed by atoms with E-state index in [-0.39, 0.29) is 58.7 Å². The normalized spacial score (nSPS) is 46.9. The number of aliphatic hydroxyl groups is 2. The van der Waals surface area contributed by atoms with Crippen LogP contribution in [-0.4, -0.2) is 47.8 Å². The van der Waals surface area contributed by atoms with Gasteiger partial charge in [-0.3, -0.25) is 9.35 Å². The first-order chi connectivity index (χ1) is 14.9. The summed E-state index contributed by atoms with van der Waals surface area (Å²) < 4.78 is 34.8. The molecule has 4 aliphatic carbocycles. The number of aliphatic hydroxyl groups excluding tert-OH is 2. The average molecular weight is 471 g/mol. The zero-order chi connectivity index (χ0) is 23.5. The SMILES string of the molecule is C[C@H](CCCOS(=O)(=O)O)[C@H]1CC[C@H]2[C@@H]3C(O)CC4CC(=O)C=C[C@]4(C)[C@H]3CC(O)[C@]12C. The first kappa shape index (κ1) is 24.3. The molecule has 182 valence electrons. The lowest BCUT2D eigenvalue weighted by Crippen LogP contribution is -2.61. The summed E-state index contributed by atoms with van der Waals surface area (Å²) in [6.07, 6.45) is 7.80. The molecule has 3 fully saturated rings. The van der Waals surface area contributed by atoms with Gasteiger partial charge in [-0.25, -0.2) is 4.18 Å². The summed E-state index contributed by atoms with van der Waals surface area (Å²) in [6, 6.07) is 0. The maximum atomic E-state index is 12.0. The van der Waals surface area contributed by atoms with Gasteiger partial charge in [0.2, 0.25) is 0 Å². The maximum absolute atomic E-state index is 12.0. The van der Waals surface area contributed by atoms with E-state index in [2.05, 4.69) is 31.0 Å². The minimum absolute atomic E-state index is 0.0488. The third-order valence-electron chi connectivity index (χ3n) is 9.96. The number of allylic oxidation sites excluding steroid dienone is 2. The van der Waals surface area contributed by atoms with E-state index < -0.39 is 22.6 Å². The zero-order valence-corrected chi connectivity index (χ0v) is 20.1. The van der Waals surface area contributed by atoms with Crippen molar-refractivity contribution in [1.29, 1.82) is 0 Å². The molecular weight excluding hydrogens is 432 g/mol. The standard InChI is InChI=1S/C24H38O7S/c1-14(5-4-10-31-32(28,29)30)17-6-7-18-22-19(13-21(27)24(17,18)3)23(2)9-8-16(25)11-15(23)12-20(22)26/h8-9,14-15,17-22,26-27H,4-7,10-13H2,1-3H3,(H,28,29,30)/t14-,15?,17-,18+,19+,20?,21?,22+,23+,24-/m1/s1. The van der Waals surface area contributed by atoms with E-state index in [1.165, 1.54) is 0 Å². The van der Waals surface area contributed by atoms with Crippen molar-refractivity contribution < 1.29 is 32.2 Å². The Hall–Kier alpha value is -0.800. The third-order valence-corrected chi connectivity index (χ3v) is 10.4. The van der Waals surface area contributed by atoms with Crippen LogP contribution in [0.1, 0.15) is 65.7 Å². The molecule has 0 heterocycles. The molecule has 4 aliphatic rings. The second-order valence-electron chi connectivity index (χ2n) is 11.3. The summed E-state index contributed by atoms with van der Waals surface area (Å²) >= 11 is 0. The van der Waals surface area contributed by atoms with E-state index in [4.69, 9.17) is 4.55 Å². The highest BCUT2D eigenvalue weighted by Crippen LogP contribution is 2.67. The molecule has 0 radical (unpaired) electrons. The van der Waals surface area contributed by atoms with Crippen molar-refractivity contribution in [3.8, 4) is 0 Å². The summed E-state index contributed by atoms with van der Waals surface area (Å²) in [6.45, 7) is 6.49. The predicted octanol–water partition coefficient (Wildman–Crippen LogP) is 3.17. The average Bonchev–Trinajstić information content (AvgIpc) is 3.05. The minimum atomic E-state index is -4.41. The topological polar surface area (TPSA) is 121 Å². The Bertz CT molecular complexity index is 870. The molecule has 0 saturated heterocycles. The van der Waals surface area contributed by atoms with Gasteiger partial charge in [-0.05, 0) is 90.9 Å². The number of carbonyl (C=O) groups excluding carboxylic acids is 1. The number of hydrogen-bond acceptors (Lipinski definition) is 6. The van der Waals surface area contributed by atoms with E-state index in [1.807, 2.05) is 0 Å². The van der Waals surface area contributed by atoms with Crippen molar-refractivity contribution in [3.05, 3.63) is 12.2 Å². The molecule has 4 rings (SSSR count). The fourth-order valence-electron chi connectivity index (χ4n) is 8.31. The van der Waals surface area contributed by atoms with Gasteiger partial charge in [-0.15, -0.1) is 0 Å². The van der Waals surface area contributed by atoms with Crippen LogP contribution in [0.15, 0.2) is 12.2 Å². The van der Waals surface area contributed by atoms with E-state index in [0.717, 1.165) is 19.3 Å². The molecule has 0 aromatic rings. The second kappa shape index (κ2) is 8.45. The Kier molecular flexibility index (Phi) is 6.42. The molecular formula is C24H38O7S. The minimum Gasteiger partial charge on any atom is -0.393 e. The van der Waals surface area contributed by atoms with Crippen molar-refractivity contribution >= 4 is 16.2 Å². The van der Waals surface area contributed by atoms with Crippen molar-refractivity contribution in [1.82, 2.24) is 0 Å². The van der Waals surface area contributed by atoms with Gasteiger partial charge in [0.15, 0.2) is 5.78 Å². The van der Waals surface area contributed by atoms with Gasteiger partial charge in [0.05, 0.1) is 18.8 Å². The van der Waals surface area contributed by atoms with Crippen LogP contribution in [0.5, 0.6) is 0 Å². The molecule has 32 heavy (non-hydrogen) atoms. The molecule has 8 heteroatoms. The smallest absolute Gasteiger partial charge is 0.393 e. The van der Waals surface area contributed by atoms with Gasteiger partial charge < -0.3 is 10.2 Å². The first-order valence-corrected chi connectivity index (χ1v) is 13.4. The highest BCUT2D eigenvalue weighted by molar-refractivity contribution is 7.80. The monoisotopic (exact) mass is 470 g/mol. The lowest BCUT2D eigenvalue weighted by Gasteiger charge is -2.62. The van der Waals surface area contributed by atoms with Crippen LogP contribution >= 0.6 is 0 Å². The van der Waals surface area contributed by atoms with Crippen molar-refractivity contribution in [2.45, 2.75) is 77.9 Å². The quantitative estimate of drug-likeness (QED) is 0.403. The van der Waals surface area contributed by atoms with Crippen LogP contribution in [0.25, 0.3) is 0 Å². The Labute approximate surface area is 191 Å². The maximum Gasteiger partial charge on any atom is 0.397 e. The van der Waals surface area contributed by atoms with Gasteiger partial charge in [0.1, 0.15) is 0 Å². The fourth-order valence-corrected chi connectivity index (χ4v) is 8.64. The molecule has 0 amide bonds. The lowest BCUT2D eigenvalue weighted by atomic mass is 9.44. The molecule has 3 saturated carbocycles. The van der Waals surface area contributed by atoms with E-state index in [9.17, 15) is 23.4 Å². The largest absolute Gasteiger partial charge is 0.397 e. The number of hydrogen-bond donors (Lipinski definition) is 3. The summed E-state index contributed by atoms with van der Waals surface area (Å²) in [4.78, 5) is 12.0. The predicted molar refractivity (Wildman–Crippen MR) is 119 cm³/mol. The van der Waals surface area contributed by atoms with Gasteiger partial charge >= 0.3 is 10.4 Å². The fraction of sp³-hybridized carbons (Fsp3) is 0.875. The van der Waals surface area contributed by atoms with Crippen LogP contribution < -0.4 is 0 Å². The Balaban J connectivity index is 1.53. The Morgan fingerprint density at radius 3 is 2.59 bits per heavy atom. The molecule has 0 bridgehead atoms. The Morgan fingerprint density at radius 2 is 1.91 bits per heavy atom. The number of rotatable bonds is 6. The van der Waals surface area contributed by atoms with Crippen LogP contribution in [0, 0.1) is 46.3 Å². The van der Waals surface area contributed by atoms with Crippen molar-refractivity contribution in [2.24, 2.45) is 46.3 Å². The molecule has 0 spiro atoms. The summed E-state index contributed by atoms with van der Waals surface area (Å²) in [7, 11) is -4.41. The molecule has 3 N–H and O–H groups in total. The molecule has 0 aromatic carbocycles. The molecule has 0 aromatic heterocycles. The highest BCUT2D eigenvalue weighted by Gasteiger charge is 2.65. The van der Waals surface area contributed by atoms with Gasteiger partial charge in [-0.2, -0.15) is 8.42 Å². The molecule has 10 atom stereocenters. The van der Waals surface area contributed by atoms with Crippen LogP contribution in [0.4, 0.5) is 0 Å². The highest BCUT2D eigenvalue weighted by atomic mass is 32.3. The van der Waals surface area contributed by atoms with Crippen molar-refractivity contribution in [3.63, 3.8) is 0 Å². The number of carbonyl (C=O) groups is 1. The number of ketones is 1. The zero-order valence-electron chi connectivity index (χ0n) is 19.3.